The summed E-state index contributed by atoms with van der Waals surface area (Å²) in [6, 6.07) is 35.6. The number of amides is 3. The second-order valence-electron chi connectivity index (χ2n) is 10.8. The third-order valence-corrected chi connectivity index (χ3v) is 8.44. The molecule has 0 saturated carbocycles. The summed E-state index contributed by atoms with van der Waals surface area (Å²) in [4.78, 5) is 41.0. The van der Waals surface area contributed by atoms with Gasteiger partial charge in [0, 0.05) is 27.4 Å². The Labute approximate surface area is 291 Å². The number of anilines is 2. The van der Waals surface area contributed by atoms with Crippen LogP contribution in [-0.4, -0.2) is 24.3 Å². The Balaban J connectivity index is 1.40. The number of thioether (sulfide) groups is 1. The largest absolute Gasteiger partial charge is 0.493 e. The molecule has 5 aromatic rings. The number of rotatable bonds is 12. The Morgan fingerprint density at radius 2 is 1.40 bits per heavy atom. The summed E-state index contributed by atoms with van der Waals surface area (Å²) in [5, 5.41) is 7.31. The van der Waals surface area contributed by atoms with E-state index in [1.165, 1.54) is 18.2 Å². The zero-order valence-electron chi connectivity index (χ0n) is 26.7. The van der Waals surface area contributed by atoms with Gasteiger partial charge in [0.2, 0.25) is 5.91 Å². The number of benzene rings is 5. The molecule has 11 heteroatoms. The first-order valence-electron chi connectivity index (χ1n) is 15.5. The molecule has 0 radical (unpaired) electrons. The van der Waals surface area contributed by atoms with E-state index in [0.29, 0.717) is 39.6 Å². The van der Waals surface area contributed by atoms with E-state index in [0.717, 1.165) is 23.9 Å². The minimum atomic E-state index is -4.56. The highest BCUT2D eigenvalue weighted by molar-refractivity contribution is 8.00. The zero-order chi connectivity index (χ0) is 35.5. The zero-order valence-corrected chi connectivity index (χ0v) is 27.6. The van der Waals surface area contributed by atoms with E-state index < -0.39 is 34.7 Å². The molecule has 0 aromatic heterocycles. The lowest BCUT2D eigenvalue weighted by Gasteiger charge is -2.18. The minimum absolute atomic E-state index is 0.00940. The van der Waals surface area contributed by atoms with Gasteiger partial charge in [0.25, 0.3) is 11.8 Å². The Morgan fingerprint density at radius 3 is 2.10 bits per heavy atom. The van der Waals surface area contributed by atoms with Gasteiger partial charge in [-0.15, -0.1) is 11.8 Å². The number of hydrogen-bond acceptors (Lipinski definition) is 5. The van der Waals surface area contributed by atoms with Gasteiger partial charge in [-0.25, -0.2) is 0 Å². The standard InChI is InChI=1S/C39H32F3N3O4S/c1-2-49-34-22-10-9-17-28(34)23-33(45-36(46)27-15-7-4-8-16-27)37(47)43-31-20-12-21-32(25-31)50-35(26-13-5-3-6-14-26)38(48)44-30-19-11-18-29(24-30)39(40,41)42/h3-25,35H,2H2,1H3,(H,43,47)(H,44,48)(H,45,46)/b33-23+. The Kier molecular flexibility index (Phi) is 11.7. The highest BCUT2D eigenvalue weighted by Gasteiger charge is 2.31. The van der Waals surface area contributed by atoms with Crippen molar-refractivity contribution < 1.29 is 32.3 Å². The van der Waals surface area contributed by atoms with Crippen LogP contribution in [0.4, 0.5) is 24.5 Å². The summed E-state index contributed by atoms with van der Waals surface area (Å²) in [6.45, 7) is 2.24. The maximum absolute atomic E-state index is 13.7. The summed E-state index contributed by atoms with van der Waals surface area (Å²) >= 11 is 1.16. The fourth-order valence-corrected chi connectivity index (χ4v) is 5.93. The van der Waals surface area contributed by atoms with Gasteiger partial charge in [0.1, 0.15) is 16.7 Å². The first kappa shape index (κ1) is 35.5. The van der Waals surface area contributed by atoms with E-state index in [4.69, 9.17) is 4.74 Å². The van der Waals surface area contributed by atoms with E-state index >= 15 is 0 Å². The predicted molar refractivity (Wildman–Crippen MR) is 190 cm³/mol. The van der Waals surface area contributed by atoms with Crippen LogP contribution in [0.3, 0.4) is 0 Å². The molecule has 7 nitrogen and oxygen atoms in total. The number of carbonyl (C=O) groups excluding carboxylic acids is 3. The molecule has 1 unspecified atom stereocenters. The van der Waals surface area contributed by atoms with Crippen LogP contribution in [0.1, 0.15) is 39.2 Å². The maximum atomic E-state index is 13.7. The number of ether oxygens (including phenoxy) is 1. The van der Waals surface area contributed by atoms with Gasteiger partial charge in [-0.05, 0) is 73.2 Å². The number of alkyl halides is 3. The highest BCUT2D eigenvalue weighted by atomic mass is 32.2. The van der Waals surface area contributed by atoms with Crippen LogP contribution < -0.4 is 20.7 Å². The van der Waals surface area contributed by atoms with Crippen LogP contribution >= 0.6 is 11.8 Å². The molecule has 3 amide bonds. The molecule has 0 fully saturated rings. The normalized spacial score (nSPS) is 12.0. The second kappa shape index (κ2) is 16.5. The van der Waals surface area contributed by atoms with Crippen LogP contribution in [0.15, 0.2) is 144 Å². The number of para-hydroxylation sites is 1. The van der Waals surface area contributed by atoms with Gasteiger partial charge in [0.15, 0.2) is 0 Å². The lowest BCUT2D eigenvalue weighted by atomic mass is 10.1. The number of hydrogen-bond donors (Lipinski definition) is 3. The molecule has 0 aliphatic carbocycles. The quantitative estimate of drug-likeness (QED) is 0.0895. The van der Waals surface area contributed by atoms with Crippen molar-refractivity contribution in [1.29, 1.82) is 0 Å². The molecule has 0 aliphatic heterocycles. The SMILES string of the molecule is CCOc1ccccc1/C=C(/NC(=O)c1ccccc1)C(=O)Nc1cccc(SC(C(=O)Nc2cccc(C(F)(F)F)c2)c2ccccc2)c1. The average molecular weight is 696 g/mol. The summed E-state index contributed by atoms with van der Waals surface area (Å²) in [5.41, 5.74) is 1.04. The van der Waals surface area contributed by atoms with Crippen molar-refractivity contribution in [3.63, 3.8) is 0 Å². The van der Waals surface area contributed by atoms with E-state index in [1.54, 1.807) is 109 Å². The molecule has 0 saturated heterocycles. The smallest absolute Gasteiger partial charge is 0.416 e. The predicted octanol–water partition coefficient (Wildman–Crippen LogP) is 8.99. The number of halogens is 3. The van der Waals surface area contributed by atoms with Gasteiger partial charge in [-0.3, -0.25) is 14.4 Å². The summed E-state index contributed by atoms with van der Waals surface area (Å²) in [6.07, 6.45) is -3.03. The first-order chi connectivity index (χ1) is 24.1. The third-order valence-electron chi connectivity index (χ3n) is 7.19. The Bertz CT molecular complexity index is 1990. The minimum Gasteiger partial charge on any atom is -0.493 e. The van der Waals surface area contributed by atoms with Crippen LogP contribution in [0, 0.1) is 0 Å². The van der Waals surface area contributed by atoms with Crippen LogP contribution in [0.5, 0.6) is 5.75 Å². The lowest BCUT2D eigenvalue weighted by Crippen LogP contribution is -2.30. The molecule has 5 rings (SSSR count). The van der Waals surface area contributed by atoms with Gasteiger partial charge >= 0.3 is 6.18 Å². The van der Waals surface area contributed by atoms with Gasteiger partial charge in [0.05, 0.1) is 12.2 Å². The number of carbonyl (C=O) groups is 3. The molecular weight excluding hydrogens is 664 g/mol. The lowest BCUT2D eigenvalue weighted by molar-refractivity contribution is -0.137. The molecule has 1 atom stereocenters. The molecule has 3 N–H and O–H groups in total. The molecule has 0 bridgehead atoms. The van der Waals surface area contributed by atoms with Gasteiger partial charge in [-0.1, -0.05) is 78.9 Å². The topological polar surface area (TPSA) is 96.5 Å². The molecule has 0 aliphatic rings. The van der Waals surface area contributed by atoms with Gasteiger partial charge < -0.3 is 20.7 Å². The maximum Gasteiger partial charge on any atom is 0.416 e. The van der Waals surface area contributed by atoms with Crippen molar-refractivity contribution in [3.05, 3.63) is 161 Å². The van der Waals surface area contributed by atoms with Crippen molar-refractivity contribution in [3.8, 4) is 5.75 Å². The molecule has 0 heterocycles. The molecule has 0 spiro atoms. The van der Waals surface area contributed by atoms with Crippen LogP contribution in [0.2, 0.25) is 0 Å². The fourth-order valence-electron chi connectivity index (χ4n) is 4.85. The van der Waals surface area contributed by atoms with E-state index in [2.05, 4.69) is 16.0 Å². The Hall–Kier alpha value is -5.81. The third kappa shape index (κ3) is 9.64. The Morgan fingerprint density at radius 1 is 0.760 bits per heavy atom. The molecule has 254 valence electrons. The van der Waals surface area contributed by atoms with E-state index in [-0.39, 0.29) is 11.4 Å². The van der Waals surface area contributed by atoms with Crippen LogP contribution in [-0.2, 0) is 15.8 Å². The molecular formula is C39H32F3N3O4S. The van der Waals surface area contributed by atoms with Crippen LogP contribution in [0.25, 0.3) is 6.08 Å². The fraction of sp³-hybridized carbons (Fsp3) is 0.103. The summed E-state index contributed by atoms with van der Waals surface area (Å²) in [7, 11) is 0. The first-order valence-corrected chi connectivity index (χ1v) is 16.4. The highest BCUT2D eigenvalue weighted by Crippen LogP contribution is 2.38. The van der Waals surface area contributed by atoms with Crippen molar-refractivity contribution in [2.75, 3.05) is 17.2 Å². The number of nitrogens with one attached hydrogen (secondary N) is 3. The average Bonchev–Trinajstić information content (AvgIpc) is 3.12. The van der Waals surface area contributed by atoms with Gasteiger partial charge in [-0.2, -0.15) is 13.2 Å². The van der Waals surface area contributed by atoms with E-state index in [1.807, 2.05) is 6.92 Å². The van der Waals surface area contributed by atoms with E-state index in [9.17, 15) is 27.6 Å². The van der Waals surface area contributed by atoms with Crippen molar-refractivity contribution in [2.45, 2.75) is 23.2 Å². The second-order valence-corrected chi connectivity index (χ2v) is 12.0. The molecule has 5 aromatic carbocycles. The van der Waals surface area contributed by atoms with Crippen molar-refractivity contribution in [1.82, 2.24) is 5.32 Å². The summed E-state index contributed by atoms with van der Waals surface area (Å²) in [5.74, 6) is -1.09. The van der Waals surface area contributed by atoms with Crippen molar-refractivity contribution in [2.24, 2.45) is 0 Å². The van der Waals surface area contributed by atoms with Crippen molar-refractivity contribution >= 4 is 46.9 Å². The summed E-state index contributed by atoms with van der Waals surface area (Å²) < 4.78 is 45.7. The molecule has 50 heavy (non-hydrogen) atoms. The monoisotopic (exact) mass is 695 g/mol.